The van der Waals surface area contributed by atoms with Gasteiger partial charge in [-0.15, -0.1) is 0 Å². The monoisotopic (exact) mass is 498 g/mol. The molecule has 2 heterocycles. The van der Waals surface area contributed by atoms with Crippen molar-refractivity contribution >= 4 is 43.6 Å². The summed E-state index contributed by atoms with van der Waals surface area (Å²) >= 11 is 0. The lowest BCUT2D eigenvalue weighted by atomic mass is 9.95. The van der Waals surface area contributed by atoms with Crippen molar-refractivity contribution in [1.82, 2.24) is 9.13 Å². The van der Waals surface area contributed by atoms with Crippen LogP contribution in [-0.4, -0.2) is 9.13 Å². The van der Waals surface area contributed by atoms with Crippen LogP contribution >= 0.6 is 0 Å². The summed E-state index contributed by atoms with van der Waals surface area (Å²) < 4.78 is 4.81. The largest absolute Gasteiger partial charge is 0.309 e. The van der Waals surface area contributed by atoms with Gasteiger partial charge in [0.2, 0.25) is 0 Å². The Morgan fingerprint density at radius 1 is 0.410 bits per heavy atom. The highest BCUT2D eigenvalue weighted by Crippen LogP contribution is 2.41. The minimum atomic E-state index is 1.17. The minimum Gasteiger partial charge on any atom is -0.309 e. The highest BCUT2D eigenvalue weighted by molar-refractivity contribution is 6.17. The fraction of sp³-hybridized carbons (Fsp3) is 0.0270. The van der Waals surface area contributed by atoms with Crippen molar-refractivity contribution in [3.63, 3.8) is 0 Å². The van der Waals surface area contributed by atoms with Crippen LogP contribution in [0.4, 0.5) is 0 Å². The summed E-state index contributed by atoms with van der Waals surface area (Å²) in [7, 11) is 0. The standard InChI is InChI=1S/C37H26N2/c1-25-20-22-35-37(36(25)26-12-4-2-5-13-26)30-17-9-11-19-33(30)39(35)28-21-23-34-31(24-28)29-16-8-10-18-32(29)38(34)27-14-6-3-7-15-27/h2-24H,1H3. The topological polar surface area (TPSA) is 9.86 Å². The van der Waals surface area contributed by atoms with E-state index in [1.165, 1.54) is 71.7 Å². The number of hydrogen-bond donors (Lipinski definition) is 0. The van der Waals surface area contributed by atoms with Gasteiger partial charge in [0.1, 0.15) is 0 Å². The Kier molecular flexibility index (Phi) is 4.77. The van der Waals surface area contributed by atoms with Gasteiger partial charge < -0.3 is 9.13 Å². The molecule has 0 unspecified atom stereocenters. The molecule has 2 nitrogen and oxygen atoms in total. The molecule has 39 heavy (non-hydrogen) atoms. The molecule has 0 spiro atoms. The number of rotatable bonds is 3. The van der Waals surface area contributed by atoms with Crippen LogP contribution < -0.4 is 0 Å². The molecule has 0 amide bonds. The Bertz CT molecular complexity index is 2160. The van der Waals surface area contributed by atoms with Crippen LogP contribution in [0, 0.1) is 6.92 Å². The lowest BCUT2D eigenvalue weighted by Gasteiger charge is -2.12. The molecule has 0 fully saturated rings. The smallest absolute Gasteiger partial charge is 0.0547 e. The molecular weight excluding hydrogens is 472 g/mol. The van der Waals surface area contributed by atoms with Crippen molar-refractivity contribution < 1.29 is 0 Å². The third-order valence-corrected chi connectivity index (χ3v) is 8.04. The van der Waals surface area contributed by atoms with Crippen molar-refractivity contribution in [1.29, 1.82) is 0 Å². The van der Waals surface area contributed by atoms with Gasteiger partial charge in [-0.2, -0.15) is 0 Å². The molecule has 0 aliphatic rings. The highest BCUT2D eigenvalue weighted by atomic mass is 15.0. The maximum absolute atomic E-state index is 2.44. The molecule has 8 rings (SSSR count). The number of aromatic nitrogens is 2. The van der Waals surface area contributed by atoms with Crippen LogP contribution in [0.15, 0.2) is 140 Å². The molecule has 0 atom stereocenters. The Balaban J connectivity index is 1.47. The summed E-state index contributed by atoms with van der Waals surface area (Å²) in [5, 5.41) is 5.11. The van der Waals surface area contributed by atoms with Gasteiger partial charge in [0, 0.05) is 32.9 Å². The first kappa shape index (κ1) is 22.0. The molecule has 0 bridgehead atoms. The first-order valence-electron chi connectivity index (χ1n) is 13.5. The van der Waals surface area contributed by atoms with Crippen LogP contribution in [0.2, 0.25) is 0 Å². The predicted octanol–water partition coefficient (Wildman–Crippen LogP) is 9.86. The molecule has 0 radical (unpaired) electrons. The summed E-state index contributed by atoms with van der Waals surface area (Å²) in [4.78, 5) is 0. The average Bonchev–Trinajstić information content (AvgIpc) is 3.50. The van der Waals surface area contributed by atoms with Crippen molar-refractivity contribution in [2.75, 3.05) is 0 Å². The van der Waals surface area contributed by atoms with Crippen LogP contribution in [0.5, 0.6) is 0 Å². The van der Waals surface area contributed by atoms with E-state index in [4.69, 9.17) is 0 Å². The van der Waals surface area contributed by atoms with Gasteiger partial charge in [0.05, 0.1) is 22.1 Å². The fourth-order valence-corrected chi connectivity index (χ4v) is 6.37. The molecule has 6 aromatic carbocycles. The highest BCUT2D eigenvalue weighted by Gasteiger charge is 2.19. The van der Waals surface area contributed by atoms with Gasteiger partial charge in [-0.3, -0.25) is 0 Å². The zero-order valence-corrected chi connectivity index (χ0v) is 21.7. The number of para-hydroxylation sites is 3. The SMILES string of the molecule is Cc1ccc2c(c1-c1ccccc1)c1ccccc1n2-c1ccc2c(c1)c1ccccc1n2-c1ccccc1. The van der Waals surface area contributed by atoms with E-state index in [1.54, 1.807) is 0 Å². The van der Waals surface area contributed by atoms with Gasteiger partial charge in [-0.05, 0) is 72.1 Å². The van der Waals surface area contributed by atoms with Crippen LogP contribution in [0.3, 0.4) is 0 Å². The summed E-state index contributed by atoms with van der Waals surface area (Å²) in [5.74, 6) is 0. The lowest BCUT2D eigenvalue weighted by Crippen LogP contribution is -1.96. The first-order valence-corrected chi connectivity index (χ1v) is 13.5. The fourth-order valence-electron chi connectivity index (χ4n) is 6.37. The Hall–Kier alpha value is -5.08. The molecule has 0 aliphatic carbocycles. The van der Waals surface area contributed by atoms with E-state index in [0.29, 0.717) is 0 Å². The van der Waals surface area contributed by atoms with E-state index in [-0.39, 0.29) is 0 Å². The number of hydrogen-bond acceptors (Lipinski definition) is 0. The van der Waals surface area contributed by atoms with Gasteiger partial charge in [-0.1, -0.05) is 91.0 Å². The first-order chi connectivity index (χ1) is 19.3. The van der Waals surface area contributed by atoms with Crippen molar-refractivity contribution in [3.8, 4) is 22.5 Å². The number of fused-ring (bicyclic) bond motifs is 6. The van der Waals surface area contributed by atoms with Crippen LogP contribution in [0.25, 0.3) is 66.1 Å². The molecule has 2 aromatic heterocycles. The van der Waals surface area contributed by atoms with Crippen LogP contribution in [0.1, 0.15) is 5.56 Å². The molecular formula is C37H26N2. The summed E-state index contributed by atoms with van der Waals surface area (Å²) in [6, 6.07) is 50.4. The van der Waals surface area contributed by atoms with Gasteiger partial charge in [0.15, 0.2) is 0 Å². The maximum Gasteiger partial charge on any atom is 0.0547 e. The molecule has 8 aromatic rings. The number of benzene rings is 6. The van der Waals surface area contributed by atoms with E-state index < -0.39 is 0 Å². The molecule has 0 aliphatic heterocycles. The zero-order chi connectivity index (χ0) is 25.9. The Labute approximate surface area is 227 Å². The Morgan fingerprint density at radius 2 is 0.974 bits per heavy atom. The molecule has 184 valence electrons. The maximum atomic E-state index is 2.44. The van der Waals surface area contributed by atoms with E-state index in [2.05, 4.69) is 156 Å². The summed E-state index contributed by atoms with van der Waals surface area (Å²) in [5.41, 5.74) is 11.1. The second-order valence-electron chi connectivity index (χ2n) is 10.3. The Morgan fingerprint density at radius 3 is 1.74 bits per heavy atom. The van der Waals surface area contributed by atoms with Gasteiger partial charge in [0.25, 0.3) is 0 Å². The molecule has 0 N–H and O–H groups in total. The van der Waals surface area contributed by atoms with Gasteiger partial charge >= 0.3 is 0 Å². The van der Waals surface area contributed by atoms with Crippen molar-refractivity contribution in [2.24, 2.45) is 0 Å². The second kappa shape index (κ2) is 8.47. The normalized spacial score (nSPS) is 11.7. The zero-order valence-electron chi connectivity index (χ0n) is 21.7. The molecule has 0 saturated heterocycles. The molecule has 2 heteroatoms. The van der Waals surface area contributed by atoms with Crippen molar-refractivity contribution in [3.05, 3.63) is 145 Å². The predicted molar refractivity (Wildman–Crippen MR) is 165 cm³/mol. The number of nitrogens with zero attached hydrogens (tertiary/aromatic N) is 2. The van der Waals surface area contributed by atoms with E-state index >= 15 is 0 Å². The second-order valence-corrected chi connectivity index (χ2v) is 10.3. The minimum absolute atomic E-state index is 1.17. The number of aryl methyl sites for hydroxylation is 1. The van der Waals surface area contributed by atoms with Crippen molar-refractivity contribution in [2.45, 2.75) is 6.92 Å². The third kappa shape index (κ3) is 3.22. The lowest BCUT2D eigenvalue weighted by molar-refractivity contribution is 1.16. The third-order valence-electron chi connectivity index (χ3n) is 8.04. The van der Waals surface area contributed by atoms with Crippen LogP contribution in [-0.2, 0) is 0 Å². The van der Waals surface area contributed by atoms with Gasteiger partial charge in [-0.25, -0.2) is 0 Å². The summed E-state index contributed by atoms with van der Waals surface area (Å²) in [6.07, 6.45) is 0. The molecule has 0 saturated carbocycles. The van der Waals surface area contributed by atoms with E-state index in [9.17, 15) is 0 Å². The van der Waals surface area contributed by atoms with E-state index in [0.717, 1.165) is 0 Å². The average molecular weight is 499 g/mol. The summed E-state index contributed by atoms with van der Waals surface area (Å²) in [6.45, 7) is 2.22. The van der Waals surface area contributed by atoms with E-state index in [1.807, 2.05) is 0 Å². The quantitative estimate of drug-likeness (QED) is 0.229.